The number of benzene rings is 1. The van der Waals surface area contributed by atoms with Crippen LogP contribution >= 0.6 is 0 Å². The number of rotatable bonds is 5. The van der Waals surface area contributed by atoms with Crippen molar-refractivity contribution in [2.45, 2.75) is 39.7 Å². The van der Waals surface area contributed by atoms with E-state index in [4.69, 9.17) is 5.73 Å². The van der Waals surface area contributed by atoms with Gasteiger partial charge in [0.15, 0.2) is 0 Å². The molecule has 0 bridgehead atoms. The molecule has 1 heterocycles. The standard InChI is InChI=1S/C15H22FN3/c1-4-19-14-6-5-12(16)8-13(14)18-15(19)11(9-17)7-10(2)3/h5-6,8,10-11H,4,7,9,17H2,1-3H3. The highest BCUT2D eigenvalue weighted by atomic mass is 19.1. The van der Waals surface area contributed by atoms with Crippen LogP contribution in [0.15, 0.2) is 18.2 Å². The van der Waals surface area contributed by atoms with E-state index in [-0.39, 0.29) is 11.7 Å². The van der Waals surface area contributed by atoms with E-state index in [2.05, 4.69) is 30.3 Å². The molecule has 2 N–H and O–H groups in total. The van der Waals surface area contributed by atoms with Gasteiger partial charge in [-0.3, -0.25) is 0 Å². The molecule has 0 saturated carbocycles. The number of aromatic nitrogens is 2. The van der Waals surface area contributed by atoms with Gasteiger partial charge < -0.3 is 10.3 Å². The average molecular weight is 263 g/mol. The summed E-state index contributed by atoms with van der Waals surface area (Å²) in [6.07, 6.45) is 1.00. The normalized spacial score (nSPS) is 13.4. The van der Waals surface area contributed by atoms with Gasteiger partial charge in [0.05, 0.1) is 11.0 Å². The number of hydrogen-bond donors (Lipinski definition) is 1. The van der Waals surface area contributed by atoms with Gasteiger partial charge in [-0.1, -0.05) is 13.8 Å². The van der Waals surface area contributed by atoms with Gasteiger partial charge in [0, 0.05) is 25.1 Å². The highest BCUT2D eigenvalue weighted by Gasteiger charge is 2.19. The summed E-state index contributed by atoms with van der Waals surface area (Å²) in [6.45, 7) is 7.84. The maximum Gasteiger partial charge on any atom is 0.125 e. The molecular formula is C15H22FN3. The Kier molecular flexibility index (Phi) is 4.20. The van der Waals surface area contributed by atoms with Crippen LogP contribution in [0.25, 0.3) is 11.0 Å². The van der Waals surface area contributed by atoms with Crippen molar-refractivity contribution in [3.63, 3.8) is 0 Å². The van der Waals surface area contributed by atoms with Crippen molar-refractivity contribution in [1.29, 1.82) is 0 Å². The smallest absolute Gasteiger partial charge is 0.125 e. The van der Waals surface area contributed by atoms with E-state index >= 15 is 0 Å². The molecule has 0 aliphatic carbocycles. The van der Waals surface area contributed by atoms with Crippen molar-refractivity contribution >= 4 is 11.0 Å². The molecule has 0 amide bonds. The monoisotopic (exact) mass is 263 g/mol. The number of aryl methyl sites for hydroxylation is 1. The van der Waals surface area contributed by atoms with Crippen molar-refractivity contribution in [3.05, 3.63) is 29.8 Å². The second kappa shape index (κ2) is 5.70. The summed E-state index contributed by atoms with van der Waals surface area (Å²) in [5, 5.41) is 0. The minimum Gasteiger partial charge on any atom is -0.330 e. The largest absolute Gasteiger partial charge is 0.330 e. The zero-order chi connectivity index (χ0) is 14.0. The molecular weight excluding hydrogens is 241 g/mol. The van der Waals surface area contributed by atoms with E-state index in [0.29, 0.717) is 12.5 Å². The van der Waals surface area contributed by atoms with Crippen molar-refractivity contribution in [3.8, 4) is 0 Å². The van der Waals surface area contributed by atoms with Gasteiger partial charge in [0.25, 0.3) is 0 Å². The van der Waals surface area contributed by atoms with E-state index in [1.54, 1.807) is 6.07 Å². The molecule has 104 valence electrons. The third-order valence-electron chi connectivity index (χ3n) is 3.46. The lowest BCUT2D eigenvalue weighted by atomic mass is 9.96. The van der Waals surface area contributed by atoms with Gasteiger partial charge in [-0.2, -0.15) is 0 Å². The molecule has 3 nitrogen and oxygen atoms in total. The Morgan fingerprint density at radius 1 is 1.37 bits per heavy atom. The molecule has 1 aromatic heterocycles. The van der Waals surface area contributed by atoms with E-state index < -0.39 is 0 Å². The molecule has 0 spiro atoms. The van der Waals surface area contributed by atoms with Crippen molar-refractivity contribution in [1.82, 2.24) is 9.55 Å². The average Bonchev–Trinajstić information content (AvgIpc) is 2.72. The predicted molar refractivity (Wildman–Crippen MR) is 76.6 cm³/mol. The number of hydrogen-bond acceptors (Lipinski definition) is 2. The molecule has 2 rings (SSSR count). The zero-order valence-electron chi connectivity index (χ0n) is 11.9. The lowest BCUT2D eigenvalue weighted by Gasteiger charge is -2.18. The van der Waals surface area contributed by atoms with Crippen LogP contribution in [-0.2, 0) is 6.54 Å². The first-order valence-corrected chi connectivity index (χ1v) is 6.92. The first-order chi connectivity index (χ1) is 9.06. The fraction of sp³-hybridized carbons (Fsp3) is 0.533. The van der Waals surface area contributed by atoms with E-state index in [1.807, 2.05) is 0 Å². The SMILES string of the molecule is CCn1c(C(CN)CC(C)C)nc2cc(F)ccc21. The van der Waals surface area contributed by atoms with Gasteiger partial charge in [0.2, 0.25) is 0 Å². The topological polar surface area (TPSA) is 43.8 Å². The van der Waals surface area contributed by atoms with Crippen molar-refractivity contribution in [2.24, 2.45) is 11.7 Å². The molecule has 0 aliphatic rings. The van der Waals surface area contributed by atoms with Crippen LogP contribution in [0.2, 0.25) is 0 Å². The molecule has 1 aromatic carbocycles. The predicted octanol–water partition coefficient (Wildman–Crippen LogP) is 3.28. The summed E-state index contributed by atoms with van der Waals surface area (Å²) in [5.74, 6) is 1.54. The number of nitrogens with zero attached hydrogens (tertiary/aromatic N) is 2. The van der Waals surface area contributed by atoms with Gasteiger partial charge >= 0.3 is 0 Å². The third-order valence-corrected chi connectivity index (χ3v) is 3.46. The molecule has 0 saturated heterocycles. The Balaban J connectivity index is 2.52. The molecule has 0 aliphatic heterocycles. The Labute approximate surface area is 113 Å². The number of halogens is 1. The van der Waals surface area contributed by atoms with Crippen LogP contribution in [0.5, 0.6) is 0 Å². The minimum absolute atomic E-state index is 0.232. The second-order valence-electron chi connectivity index (χ2n) is 5.41. The fourth-order valence-corrected chi connectivity index (χ4v) is 2.64. The summed E-state index contributed by atoms with van der Waals surface area (Å²) in [5.41, 5.74) is 7.61. The number of imidazole rings is 1. The van der Waals surface area contributed by atoms with E-state index in [9.17, 15) is 4.39 Å². The van der Waals surface area contributed by atoms with Gasteiger partial charge in [0.1, 0.15) is 11.6 Å². The lowest BCUT2D eigenvalue weighted by Crippen LogP contribution is -2.19. The molecule has 1 unspecified atom stereocenters. The maximum absolute atomic E-state index is 13.3. The van der Waals surface area contributed by atoms with Gasteiger partial charge in [-0.05, 0) is 31.4 Å². The Morgan fingerprint density at radius 3 is 2.68 bits per heavy atom. The van der Waals surface area contributed by atoms with E-state index in [1.165, 1.54) is 12.1 Å². The van der Waals surface area contributed by atoms with Crippen molar-refractivity contribution < 1.29 is 4.39 Å². The Bertz CT molecular complexity index is 560. The Morgan fingerprint density at radius 2 is 2.11 bits per heavy atom. The highest BCUT2D eigenvalue weighted by molar-refractivity contribution is 5.76. The summed E-state index contributed by atoms with van der Waals surface area (Å²) < 4.78 is 15.4. The second-order valence-corrected chi connectivity index (χ2v) is 5.41. The van der Waals surface area contributed by atoms with Crippen LogP contribution in [0, 0.1) is 11.7 Å². The summed E-state index contributed by atoms with van der Waals surface area (Å²) >= 11 is 0. The highest BCUT2D eigenvalue weighted by Crippen LogP contribution is 2.26. The number of nitrogens with two attached hydrogens (primary N) is 1. The third kappa shape index (κ3) is 2.78. The van der Waals surface area contributed by atoms with Gasteiger partial charge in [-0.15, -0.1) is 0 Å². The lowest BCUT2D eigenvalue weighted by molar-refractivity contribution is 0.474. The summed E-state index contributed by atoms with van der Waals surface area (Å²) in [6, 6.07) is 4.78. The molecule has 19 heavy (non-hydrogen) atoms. The minimum atomic E-state index is -0.243. The van der Waals surface area contributed by atoms with E-state index in [0.717, 1.165) is 29.8 Å². The molecule has 2 aromatic rings. The van der Waals surface area contributed by atoms with Gasteiger partial charge in [-0.25, -0.2) is 9.37 Å². The van der Waals surface area contributed by atoms with Crippen LogP contribution in [0.3, 0.4) is 0 Å². The first-order valence-electron chi connectivity index (χ1n) is 6.92. The van der Waals surface area contributed by atoms with Crippen LogP contribution in [0.4, 0.5) is 4.39 Å². The maximum atomic E-state index is 13.3. The quantitative estimate of drug-likeness (QED) is 0.899. The number of fused-ring (bicyclic) bond motifs is 1. The van der Waals surface area contributed by atoms with Crippen LogP contribution in [0.1, 0.15) is 38.9 Å². The summed E-state index contributed by atoms with van der Waals surface area (Å²) in [4.78, 5) is 4.61. The fourth-order valence-electron chi connectivity index (χ4n) is 2.64. The molecule has 1 atom stereocenters. The van der Waals surface area contributed by atoms with Crippen LogP contribution in [-0.4, -0.2) is 16.1 Å². The van der Waals surface area contributed by atoms with Crippen molar-refractivity contribution in [2.75, 3.05) is 6.54 Å². The zero-order valence-corrected chi connectivity index (χ0v) is 11.9. The first kappa shape index (κ1) is 14.0. The molecule has 0 radical (unpaired) electrons. The molecule has 4 heteroatoms. The van der Waals surface area contributed by atoms with Crippen LogP contribution < -0.4 is 5.73 Å². The molecule has 0 fully saturated rings. The summed E-state index contributed by atoms with van der Waals surface area (Å²) in [7, 11) is 0. The Hall–Kier alpha value is -1.42.